The number of hydrogen-bond acceptors (Lipinski definition) is 1. The Hall–Kier alpha value is -1.38. The molecule has 1 aromatic carbocycles. The first-order chi connectivity index (χ1) is 5.61. The smallest absolute Gasteiger partial charge is 0.221 e. The predicted molar refractivity (Wildman–Crippen MR) is 44.3 cm³/mol. The summed E-state index contributed by atoms with van der Waals surface area (Å²) in [7, 11) is 0. The summed E-state index contributed by atoms with van der Waals surface area (Å²) in [5.74, 6) is -0.710. The fourth-order valence-corrected chi connectivity index (χ4v) is 0.904. The van der Waals surface area contributed by atoms with Crippen LogP contribution in [-0.2, 0) is 4.79 Å². The van der Waals surface area contributed by atoms with Crippen LogP contribution in [0.1, 0.15) is 12.5 Å². The number of carbonyl (C=O) groups excluding carboxylic acids is 1. The molecule has 0 aliphatic heterocycles. The Bertz CT molecular complexity index is 289. The molecule has 0 spiro atoms. The van der Waals surface area contributed by atoms with Crippen molar-refractivity contribution in [2.45, 2.75) is 13.8 Å². The zero-order valence-electron chi connectivity index (χ0n) is 6.94. The number of halogens is 1. The van der Waals surface area contributed by atoms with Gasteiger partial charge < -0.3 is 5.32 Å². The van der Waals surface area contributed by atoms with Crippen molar-refractivity contribution in [3.63, 3.8) is 0 Å². The number of carbonyl (C=O) groups is 1. The van der Waals surface area contributed by atoms with Crippen LogP contribution < -0.4 is 5.32 Å². The Kier molecular flexibility index (Phi) is 2.43. The summed E-state index contributed by atoms with van der Waals surface area (Å²) < 4.78 is 13.0. The van der Waals surface area contributed by atoms with Gasteiger partial charge in [-0.2, -0.15) is 0 Å². The second kappa shape index (κ2) is 3.34. The van der Waals surface area contributed by atoms with Gasteiger partial charge in [0.05, 0.1) is 5.69 Å². The second-order valence-electron chi connectivity index (χ2n) is 2.51. The number of anilines is 1. The van der Waals surface area contributed by atoms with Gasteiger partial charge in [-0.15, -0.1) is 0 Å². The van der Waals surface area contributed by atoms with E-state index in [1.165, 1.54) is 19.1 Å². The van der Waals surface area contributed by atoms with Crippen molar-refractivity contribution >= 4 is 11.6 Å². The highest BCUT2D eigenvalue weighted by molar-refractivity contribution is 5.89. The summed E-state index contributed by atoms with van der Waals surface area (Å²) in [5.41, 5.74) is 0.815. The average Bonchev–Trinajstić information content (AvgIpc) is 1.97. The van der Waals surface area contributed by atoms with Gasteiger partial charge in [0, 0.05) is 6.92 Å². The number of hydrogen-bond donors (Lipinski definition) is 1. The topological polar surface area (TPSA) is 29.1 Å². The average molecular weight is 166 g/mol. The van der Waals surface area contributed by atoms with E-state index in [1.807, 2.05) is 0 Å². The van der Waals surface area contributed by atoms with Gasteiger partial charge in [-0.1, -0.05) is 6.07 Å². The van der Waals surface area contributed by atoms with Crippen LogP contribution in [0.4, 0.5) is 10.1 Å². The maximum absolute atomic E-state index is 13.0. The van der Waals surface area contributed by atoms with Crippen LogP contribution >= 0.6 is 0 Å². The summed E-state index contributed by atoms with van der Waals surface area (Å²) in [6.07, 6.45) is 0. The van der Waals surface area contributed by atoms with E-state index in [9.17, 15) is 9.18 Å². The number of amides is 1. The molecule has 0 saturated heterocycles. The summed E-state index contributed by atoms with van der Waals surface area (Å²) >= 11 is 0. The third kappa shape index (κ3) is 1.81. The first-order valence-electron chi connectivity index (χ1n) is 3.55. The van der Waals surface area contributed by atoms with Crippen molar-refractivity contribution in [1.29, 1.82) is 0 Å². The zero-order valence-corrected chi connectivity index (χ0v) is 6.94. The molecule has 63 valence electrons. The number of rotatable bonds is 1. The maximum atomic E-state index is 13.0. The molecule has 1 radical (unpaired) electrons. The maximum Gasteiger partial charge on any atom is 0.221 e. The lowest BCUT2D eigenvalue weighted by Gasteiger charge is -2.05. The van der Waals surface area contributed by atoms with E-state index in [0.717, 1.165) is 0 Å². The lowest BCUT2D eigenvalue weighted by atomic mass is 10.2. The van der Waals surface area contributed by atoms with E-state index in [2.05, 4.69) is 11.4 Å². The molecule has 1 amide bonds. The van der Waals surface area contributed by atoms with Gasteiger partial charge in [0.1, 0.15) is 5.82 Å². The molecule has 0 unspecified atom stereocenters. The first-order valence-corrected chi connectivity index (χ1v) is 3.55. The number of aryl methyl sites for hydroxylation is 1. The van der Waals surface area contributed by atoms with Crippen LogP contribution in [0.5, 0.6) is 0 Å². The SMILES string of the molecule is CC(=O)Nc1c(C)[c]ccc1F. The molecule has 0 aliphatic rings. The molecule has 0 heterocycles. The van der Waals surface area contributed by atoms with Crippen molar-refractivity contribution in [1.82, 2.24) is 0 Å². The fourth-order valence-electron chi connectivity index (χ4n) is 0.904. The molecule has 0 fully saturated rings. The fraction of sp³-hybridized carbons (Fsp3) is 0.222. The Morgan fingerprint density at radius 1 is 1.67 bits per heavy atom. The molecule has 1 aromatic rings. The van der Waals surface area contributed by atoms with Crippen molar-refractivity contribution in [3.05, 3.63) is 29.6 Å². The quantitative estimate of drug-likeness (QED) is 0.678. The van der Waals surface area contributed by atoms with Crippen molar-refractivity contribution in [2.24, 2.45) is 0 Å². The van der Waals surface area contributed by atoms with E-state index in [1.54, 1.807) is 6.92 Å². The predicted octanol–water partition coefficient (Wildman–Crippen LogP) is 1.89. The first kappa shape index (κ1) is 8.71. The highest BCUT2D eigenvalue weighted by Gasteiger charge is 2.05. The highest BCUT2D eigenvalue weighted by Crippen LogP contribution is 2.17. The molecular formula is C9H9FNO. The van der Waals surface area contributed by atoms with Crippen molar-refractivity contribution < 1.29 is 9.18 Å². The van der Waals surface area contributed by atoms with E-state index < -0.39 is 5.82 Å². The van der Waals surface area contributed by atoms with Gasteiger partial charge in [0.25, 0.3) is 0 Å². The molecular weight excluding hydrogens is 157 g/mol. The van der Waals surface area contributed by atoms with Gasteiger partial charge in [0.2, 0.25) is 5.91 Å². The van der Waals surface area contributed by atoms with Crippen LogP contribution in [0.25, 0.3) is 0 Å². The van der Waals surface area contributed by atoms with Crippen LogP contribution in [0.15, 0.2) is 12.1 Å². The zero-order chi connectivity index (χ0) is 9.14. The standard InChI is InChI=1S/C9H9FNO/c1-6-4-3-5-8(10)9(6)11-7(2)12/h3,5H,1-2H3,(H,11,12). The third-order valence-electron chi connectivity index (χ3n) is 1.44. The summed E-state index contributed by atoms with van der Waals surface area (Å²) in [6, 6.07) is 5.54. The number of benzene rings is 1. The summed E-state index contributed by atoms with van der Waals surface area (Å²) in [6.45, 7) is 3.03. The number of nitrogens with one attached hydrogen (secondary N) is 1. The molecule has 0 atom stereocenters. The second-order valence-corrected chi connectivity index (χ2v) is 2.51. The Labute approximate surface area is 70.4 Å². The Morgan fingerprint density at radius 2 is 2.33 bits per heavy atom. The van der Waals surface area contributed by atoms with Crippen LogP contribution in [0, 0.1) is 18.8 Å². The van der Waals surface area contributed by atoms with Crippen LogP contribution in [-0.4, -0.2) is 5.91 Å². The van der Waals surface area contributed by atoms with E-state index in [0.29, 0.717) is 5.56 Å². The molecule has 1 N–H and O–H groups in total. The third-order valence-corrected chi connectivity index (χ3v) is 1.44. The highest BCUT2D eigenvalue weighted by atomic mass is 19.1. The van der Waals surface area contributed by atoms with Gasteiger partial charge in [-0.3, -0.25) is 4.79 Å². The summed E-state index contributed by atoms with van der Waals surface area (Å²) in [4.78, 5) is 10.6. The minimum absolute atomic E-state index is 0.213. The molecule has 0 aliphatic carbocycles. The normalized spacial score (nSPS) is 9.58. The van der Waals surface area contributed by atoms with Gasteiger partial charge >= 0.3 is 0 Å². The molecule has 0 aromatic heterocycles. The van der Waals surface area contributed by atoms with Crippen LogP contribution in [0.3, 0.4) is 0 Å². The van der Waals surface area contributed by atoms with Gasteiger partial charge in [-0.05, 0) is 24.6 Å². The monoisotopic (exact) mass is 166 g/mol. The lowest BCUT2D eigenvalue weighted by Crippen LogP contribution is -2.08. The van der Waals surface area contributed by atoms with Crippen LogP contribution in [0.2, 0.25) is 0 Å². The van der Waals surface area contributed by atoms with Crippen molar-refractivity contribution in [3.8, 4) is 0 Å². The Morgan fingerprint density at radius 3 is 2.83 bits per heavy atom. The van der Waals surface area contributed by atoms with E-state index in [4.69, 9.17) is 0 Å². The molecule has 0 saturated carbocycles. The van der Waals surface area contributed by atoms with Gasteiger partial charge in [-0.25, -0.2) is 4.39 Å². The summed E-state index contributed by atoms with van der Waals surface area (Å²) in [5, 5.41) is 2.40. The van der Waals surface area contributed by atoms with E-state index in [-0.39, 0.29) is 11.6 Å². The molecule has 0 bridgehead atoms. The molecule has 3 heteroatoms. The van der Waals surface area contributed by atoms with E-state index >= 15 is 0 Å². The molecule has 1 rings (SSSR count). The Balaban J connectivity index is 3.04. The van der Waals surface area contributed by atoms with Gasteiger partial charge in [0.15, 0.2) is 0 Å². The van der Waals surface area contributed by atoms with Crippen molar-refractivity contribution in [2.75, 3.05) is 5.32 Å². The molecule has 2 nitrogen and oxygen atoms in total. The lowest BCUT2D eigenvalue weighted by molar-refractivity contribution is -0.114. The molecule has 12 heavy (non-hydrogen) atoms. The largest absolute Gasteiger partial charge is 0.324 e. The minimum Gasteiger partial charge on any atom is -0.324 e. The minimum atomic E-state index is -0.429.